The van der Waals surface area contributed by atoms with Crippen molar-refractivity contribution < 1.29 is 19.1 Å². The second-order valence-corrected chi connectivity index (χ2v) is 8.44. The first-order valence-electron chi connectivity index (χ1n) is 9.59. The van der Waals surface area contributed by atoms with Crippen LogP contribution in [0.4, 0.5) is 4.79 Å². The standard InChI is InChI=1S/C22H29NO4/c1-14(20(24)26-5)19(16-7-8-16)17-9-6-15-10-11-23(13-18(15)12-17)21(25)27-22(2,3)4/h6,9,12,16H,7-8,10-11,13H2,1-5H3/b19-14+. The first kappa shape index (κ1) is 19.5. The highest BCUT2D eigenvalue weighted by atomic mass is 16.6. The molecule has 1 aliphatic carbocycles. The summed E-state index contributed by atoms with van der Waals surface area (Å²) >= 11 is 0. The van der Waals surface area contributed by atoms with Crippen LogP contribution in [0.15, 0.2) is 23.8 Å². The van der Waals surface area contributed by atoms with Gasteiger partial charge in [-0.25, -0.2) is 9.59 Å². The summed E-state index contributed by atoms with van der Waals surface area (Å²) in [7, 11) is 1.42. The Hall–Kier alpha value is -2.30. The minimum atomic E-state index is -0.501. The zero-order valence-corrected chi connectivity index (χ0v) is 16.9. The van der Waals surface area contributed by atoms with Crippen LogP contribution in [0, 0.1) is 5.92 Å². The molecule has 5 nitrogen and oxygen atoms in total. The Morgan fingerprint density at radius 1 is 1.15 bits per heavy atom. The van der Waals surface area contributed by atoms with Crippen molar-refractivity contribution in [3.8, 4) is 0 Å². The third-order valence-electron chi connectivity index (χ3n) is 5.06. The third-order valence-corrected chi connectivity index (χ3v) is 5.06. The van der Waals surface area contributed by atoms with Crippen molar-refractivity contribution in [2.24, 2.45) is 5.92 Å². The summed E-state index contributed by atoms with van der Waals surface area (Å²) in [5.41, 5.74) is 4.70. The van der Waals surface area contributed by atoms with Gasteiger partial charge < -0.3 is 14.4 Å². The largest absolute Gasteiger partial charge is 0.466 e. The smallest absolute Gasteiger partial charge is 0.410 e. The normalized spacial score (nSPS) is 17.7. The molecule has 1 amide bonds. The van der Waals surface area contributed by atoms with Crippen molar-refractivity contribution in [3.05, 3.63) is 40.5 Å². The fourth-order valence-electron chi connectivity index (χ4n) is 3.60. The van der Waals surface area contributed by atoms with E-state index in [-0.39, 0.29) is 12.1 Å². The molecule has 146 valence electrons. The van der Waals surface area contributed by atoms with Crippen molar-refractivity contribution in [1.29, 1.82) is 0 Å². The number of methoxy groups -OCH3 is 1. The molecule has 0 aromatic heterocycles. The number of ether oxygens (including phenoxy) is 2. The number of nitrogens with zero attached hydrogens (tertiary/aromatic N) is 1. The number of amides is 1. The number of hydrogen-bond donors (Lipinski definition) is 0. The maximum absolute atomic E-state index is 12.4. The van der Waals surface area contributed by atoms with Crippen LogP contribution in [-0.2, 0) is 27.2 Å². The molecule has 2 aliphatic rings. The van der Waals surface area contributed by atoms with Crippen LogP contribution in [0.1, 0.15) is 57.2 Å². The van der Waals surface area contributed by atoms with Gasteiger partial charge >= 0.3 is 12.1 Å². The summed E-state index contributed by atoms with van der Waals surface area (Å²) in [5, 5.41) is 0. The van der Waals surface area contributed by atoms with Gasteiger partial charge in [-0.2, -0.15) is 0 Å². The Kier molecular flexibility index (Phi) is 5.31. The van der Waals surface area contributed by atoms with E-state index in [1.54, 1.807) is 4.90 Å². The summed E-state index contributed by atoms with van der Waals surface area (Å²) in [5.74, 6) is 0.151. The molecule has 0 atom stereocenters. The first-order valence-corrected chi connectivity index (χ1v) is 9.59. The van der Waals surface area contributed by atoms with Crippen molar-refractivity contribution in [1.82, 2.24) is 4.90 Å². The lowest BCUT2D eigenvalue weighted by molar-refractivity contribution is -0.136. The van der Waals surface area contributed by atoms with E-state index in [9.17, 15) is 9.59 Å². The van der Waals surface area contributed by atoms with E-state index in [1.165, 1.54) is 12.7 Å². The fraction of sp³-hybridized carbons (Fsp3) is 0.545. The number of carbonyl (C=O) groups is 2. The Balaban J connectivity index is 1.87. The number of carbonyl (C=O) groups excluding carboxylic acids is 2. The molecule has 0 N–H and O–H groups in total. The van der Waals surface area contributed by atoms with Gasteiger partial charge in [0, 0.05) is 18.7 Å². The van der Waals surface area contributed by atoms with Crippen molar-refractivity contribution in [3.63, 3.8) is 0 Å². The van der Waals surface area contributed by atoms with Crippen molar-refractivity contribution in [2.45, 2.75) is 59.1 Å². The molecule has 3 rings (SSSR count). The van der Waals surface area contributed by atoms with Crippen LogP contribution < -0.4 is 0 Å². The third kappa shape index (κ3) is 4.52. The molecule has 0 bridgehead atoms. The maximum Gasteiger partial charge on any atom is 0.410 e. The zero-order chi connectivity index (χ0) is 19.8. The summed E-state index contributed by atoms with van der Waals surface area (Å²) in [6.07, 6.45) is 2.74. The highest BCUT2D eigenvalue weighted by molar-refractivity contribution is 5.98. The lowest BCUT2D eigenvalue weighted by Gasteiger charge is -2.31. The topological polar surface area (TPSA) is 55.8 Å². The van der Waals surface area contributed by atoms with Crippen molar-refractivity contribution >= 4 is 17.6 Å². The molecule has 1 aliphatic heterocycles. The Morgan fingerprint density at radius 3 is 2.44 bits per heavy atom. The SMILES string of the molecule is COC(=O)/C(C)=C(/c1ccc2c(c1)CN(C(=O)OC(C)(C)C)CC2)C1CC1. The predicted molar refractivity (Wildman–Crippen MR) is 104 cm³/mol. The molecule has 27 heavy (non-hydrogen) atoms. The maximum atomic E-state index is 12.4. The number of esters is 1. The lowest BCUT2D eigenvalue weighted by atomic mass is 9.91. The van der Waals surface area contributed by atoms with Crippen LogP contribution >= 0.6 is 0 Å². The van der Waals surface area contributed by atoms with Crippen LogP contribution in [0.5, 0.6) is 0 Å². The highest BCUT2D eigenvalue weighted by Crippen LogP contribution is 2.44. The van der Waals surface area contributed by atoms with E-state index < -0.39 is 5.60 Å². The molecular formula is C22H29NO4. The van der Waals surface area contributed by atoms with Gasteiger partial charge in [-0.3, -0.25) is 0 Å². The molecule has 5 heteroatoms. The van der Waals surface area contributed by atoms with Gasteiger partial charge in [0.15, 0.2) is 0 Å². The first-order chi connectivity index (χ1) is 12.7. The summed E-state index contributed by atoms with van der Waals surface area (Å²) < 4.78 is 10.5. The Labute approximate surface area is 161 Å². The van der Waals surface area contributed by atoms with Gasteiger partial charge in [0.05, 0.1) is 7.11 Å². The average molecular weight is 371 g/mol. The number of rotatable bonds is 3. The summed E-state index contributed by atoms with van der Waals surface area (Å²) in [6, 6.07) is 6.36. The molecule has 0 radical (unpaired) electrons. The Morgan fingerprint density at radius 2 is 1.85 bits per heavy atom. The Bertz CT molecular complexity index is 784. The average Bonchev–Trinajstić information content (AvgIpc) is 3.44. The van der Waals surface area contributed by atoms with Gasteiger partial charge in [0.25, 0.3) is 0 Å². The van der Waals surface area contributed by atoms with Gasteiger partial charge in [-0.05, 0) is 81.2 Å². The minimum absolute atomic E-state index is 0.273. The highest BCUT2D eigenvalue weighted by Gasteiger charge is 2.32. The molecule has 0 unspecified atom stereocenters. The van der Waals surface area contributed by atoms with Crippen LogP contribution in [0.3, 0.4) is 0 Å². The van der Waals surface area contributed by atoms with E-state index in [2.05, 4.69) is 18.2 Å². The second kappa shape index (κ2) is 7.37. The number of benzene rings is 1. The van der Waals surface area contributed by atoms with Gasteiger partial charge in [0.2, 0.25) is 0 Å². The fourth-order valence-corrected chi connectivity index (χ4v) is 3.60. The molecule has 1 aromatic carbocycles. The zero-order valence-electron chi connectivity index (χ0n) is 16.9. The second-order valence-electron chi connectivity index (χ2n) is 8.44. The number of allylic oxidation sites excluding steroid dienone is 1. The summed E-state index contributed by atoms with van der Waals surface area (Å²) in [6.45, 7) is 8.67. The van der Waals surface area contributed by atoms with Gasteiger partial charge in [-0.15, -0.1) is 0 Å². The van der Waals surface area contributed by atoms with E-state index in [1.807, 2.05) is 27.7 Å². The molecule has 1 saturated carbocycles. The molecule has 1 aromatic rings. The van der Waals surface area contributed by atoms with Crippen LogP contribution in [0.25, 0.3) is 5.57 Å². The van der Waals surface area contributed by atoms with E-state index in [0.29, 0.717) is 24.6 Å². The van der Waals surface area contributed by atoms with E-state index in [0.717, 1.165) is 36.0 Å². The molecular weight excluding hydrogens is 342 g/mol. The number of fused-ring (bicyclic) bond motifs is 1. The molecule has 1 fully saturated rings. The summed E-state index contributed by atoms with van der Waals surface area (Å²) in [4.78, 5) is 26.3. The minimum Gasteiger partial charge on any atom is -0.466 e. The number of hydrogen-bond acceptors (Lipinski definition) is 4. The van der Waals surface area contributed by atoms with Crippen molar-refractivity contribution in [2.75, 3.05) is 13.7 Å². The molecule has 1 heterocycles. The van der Waals surface area contributed by atoms with E-state index >= 15 is 0 Å². The van der Waals surface area contributed by atoms with E-state index in [4.69, 9.17) is 9.47 Å². The molecule has 0 spiro atoms. The quantitative estimate of drug-likeness (QED) is 0.586. The van der Waals surface area contributed by atoms with Gasteiger partial charge in [-0.1, -0.05) is 12.1 Å². The van der Waals surface area contributed by atoms with Crippen LogP contribution in [0.2, 0.25) is 0 Å². The lowest BCUT2D eigenvalue weighted by Crippen LogP contribution is -2.39. The van der Waals surface area contributed by atoms with Crippen LogP contribution in [-0.4, -0.2) is 36.2 Å². The van der Waals surface area contributed by atoms with Gasteiger partial charge in [0.1, 0.15) is 5.60 Å². The molecule has 0 saturated heterocycles. The monoisotopic (exact) mass is 371 g/mol. The predicted octanol–water partition coefficient (Wildman–Crippen LogP) is 4.34.